The van der Waals surface area contributed by atoms with E-state index in [1.807, 2.05) is 6.07 Å². The molecule has 0 N–H and O–H groups in total. The van der Waals surface area contributed by atoms with Crippen molar-refractivity contribution in [1.29, 1.82) is 0 Å². The smallest absolute Gasteiger partial charge is 0.0718 e. The van der Waals surface area contributed by atoms with E-state index in [0.717, 1.165) is 5.56 Å². The number of likely N-dealkylation sites (tertiary alicyclic amines) is 1. The van der Waals surface area contributed by atoms with Crippen LogP contribution in [-0.2, 0) is 0 Å². The lowest BCUT2D eigenvalue weighted by Crippen LogP contribution is -2.31. The van der Waals surface area contributed by atoms with Gasteiger partial charge in [0, 0.05) is 5.56 Å². The minimum atomic E-state index is 0.467. The summed E-state index contributed by atoms with van der Waals surface area (Å²) in [5, 5.41) is 0. The molecule has 1 aromatic carbocycles. The van der Waals surface area contributed by atoms with Crippen LogP contribution in [0.1, 0.15) is 51.0 Å². The summed E-state index contributed by atoms with van der Waals surface area (Å²) in [6, 6.07) is 10.8. The maximum Gasteiger partial charge on any atom is 0.0718 e. The Morgan fingerprint density at radius 2 is 1.84 bits per heavy atom. The molecule has 2 rings (SSSR count). The average Bonchev–Trinajstić information content (AvgIpc) is 2.98. The first-order chi connectivity index (χ1) is 9.40. The lowest BCUT2D eigenvalue weighted by molar-refractivity contribution is 0.275. The zero-order chi connectivity index (χ0) is 13.3. The molecule has 1 aliphatic rings. The van der Waals surface area contributed by atoms with Crippen LogP contribution in [0.4, 0.5) is 0 Å². The molecular weight excluding hydrogens is 230 g/mol. The highest BCUT2D eigenvalue weighted by molar-refractivity contribution is 5.34. The fraction of sp³-hybridized carbons (Fsp3) is 0.556. The summed E-state index contributed by atoms with van der Waals surface area (Å²) >= 11 is 0. The Morgan fingerprint density at radius 3 is 2.53 bits per heavy atom. The molecule has 1 heteroatoms. The second-order valence-corrected chi connectivity index (χ2v) is 5.39. The third-order valence-corrected chi connectivity index (χ3v) is 3.82. The van der Waals surface area contributed by atoms with Crippen LogP contribution in [0.2, 0.25) is 0 Å². The molecule has 1 unspecified atom stereocenters. The van der Waals surface area contributed by atoms with Crippen LogP contribution in [0.3, 0.4) is 0 Å². The number of nitrogens with zero attached hydrogens (tertiary/aromatic N) is 1. The van der Waals surface area contributed by atoms with E-state index in [1.165, 1.54) is 51.6 Å². The summed E-state index contributed by atoms with van der Waals surface area (Å²) < 4.78 is 0. The molecular formula is C18H25N. The highest BCUT2D eigenvalue weighted by Crippen LogP contribution is 2.16. The molecule has 1 aliphatic heterocycles. The number of unbranched alkanes of at least 4 members (excludes halogenated alkanes) is 2. The molecule has 0 amide bonds. The van der Waals surface area contributed by atoms with Gasteiger partial charge >= 0.3 is 0 Å². The summed E-state index contributed by atoms with van der Waals surface area (Å²) in [5.41, 5.74) is 1.14. The SMILES string of the molecule is CCCCCC(C#Cc1ccccc1)N1CCCC1. The molecule has 1 saturated heterocycles. The van der Waals surface area contributed by atoms with Gasteiger partial charge < -0.3 is 0 Å². The van der Waals surface area contributed by atoms with E-state index in [-0.39, 0.29) is 0 Å². The number of benzene rings is 1. The molecule has 1 heterocycles. The number of hydrogen-bond donors (Lipinski definition) is 0. The number of hydrogen-bond acceptors (Lipinski definition) is 1. The maximum absolute atomic E-state index is 3.51. The van der Waals surface area contributed by atoms with E-state index in [0.29, 0.717) is 6.04 Å². The molecule has 0 aliphatic carbocycles. The molecule has 1 aromatic rings. The molecule has 1 atom stereocenters. The fourth-order valence-corrected chi connectivity index (χ4v) is 2.68. The van der Waals surface area contributed by atoms with Gasteiger partial charge in [-0.25, -0.2) is 0 Å². The van der Waals surface area contributed by atoms with Crippen LogP contribution in [-0.4, -0.2) is 24.0 Å². The van der Waals surface area contributed by atoms with Crippen molar-refractivity contribution < 1.29 is 0 Å². The van der Waals surface area contributed by atoms with Crippen molar-refractivity contribution >= 4 is 0 Å². The van der Waals surface area contributed by atoms with Gasteiger partial charge in [0.1, 0.15) is 0 Å². The van der Waals surface area contributed by atoms with Crippen LogP contribution in [0.25, 0.3) is 0 Å². The summed E-state index contributed by atoms with van der Waals surface area (Å²) in [4.78, 5) is 2.58. The van der Waals surface area contributed by atoms with Crippen molar-refractivity contribution in [3.8, 4) is 11.8 Å². The van der Waals surface area contributed by atoms with E-state index >= 15 is 0 Å². The minimum Gasteiger partial charge on any atom is -0.290 e. The van der Waals surface area contributed by atoms with Crippen molar-refractivity contribution in [3.63, 3.8) is 0 Å². The minimum absolute atomic E-state index is 0.467. The molecule has 0 radical (unpaired) electrons. The average molecular weight is 255 g/mol. The zero-order valence-corrected chi connectivity index (χ0v) is 12.1. The van der Waals surface area contributed by atoms with Crippen LogP contribution in [0.5, 0.6) is 0 Å². The maximum atomic E-state index is 3.51. The molecule has 102 valence electrons. The van der Waals surface area contributed by atoms with Crippen molar-refractivity contribution in [2.45, 2.75) is 51.5 Å². The highest BCUT2D eigenvalue weighted by atomic mass is 15.2. The van der Waals surface area contributed by atoms with Gasteiger partial charge in [0.15, 0.2) is 0 Å². The third kappa shape index (κ3) is 4.73. The van der Waals surface area contributed by atoms with Crippen molar-refractivity contribution in [2.75, 3.05) is 13.1 Å². The van der Waals surface area contributed by atoms with E-state index in [1.54, 1.807) is 0 Å². The van der Waals surface area contributed by atoms with Crippen molar-refractivity contribution in [1.82, 2.24) is 4.90 Å². The summed E-state index contributed by atoms with van der Waals surface area (Å²) in [6.45, 7) is 4.74. The fourth-order valence-electron chi connectivity index (χ4n) is 2.68. The van der Waals surface area contributed by atoms with Gasteiger partial charge in [0.25, 0.3) is 0 Å². The third-order valence-electron chi connectivity index (χ3n) is 3.82. The molecule has 1 fully saturated rings. The first-order valence-electron chi connectivity index (χ1n) is 7.71. The van der Waals surface area contributed by atoms with E-state index in [9.17, 15) is 0 Å². The van der Waals surface area contributed by atoms with Gasteiger partial charge in [-0.15, -0.1) is 0 Å². The van der Waals surface area contributed by atoms with Crippen LogP contribution in [0, 0.1) is 11.8 Å². The highest BCUT2D eigenvalue weighted by Gasteiger charge is 2.19. The lowest BCUT2D eigenvalue weighted by Gasteiger charge is -2.22. The van der Waals surface area contributed by atoms with Gasteiger partial charge in [-0.1, -0.05) is 56.2 Å². The van der Waals surface area contributed by atoms with Gasteiger partial charge in [-0.2, -0.15) is 0 Å². The second kappa shape index (κ2) is 8.02. The quantitative estimate of drug-likeness (QED) is 0.566. The largest absolute Gasteiger partial charge is 0.290 e. The monoisotopic (exact) mass is 255 g/mol. The molecule has 0 spiro atoms. The van der Waals surface area contributed by atoms with Gasteiger partial charge in [0.2, 0.25) is 0 Å². The molecule has 0 saturated carbocycles. The Morgan fingerprint density at radius 1 is 1.11 bits per heavy atom. The first-order valence-corrected chi connectivity index (χ1v) is 7.71. The lowest BCUT2D eigenvalue weighted by atomic mass is 10.1. The zero-order valence-electron chi connectivity index (χ0n) is 12.1. The Balaban J connectivity index is 1.98. The van der Waals surface area contributed by atoms with Crippen LogP contribution >= 0.6 is 0 Å². The Labute approximate surface area is 118 Å². The summed E-state index contributed by atoms with van der Waals surface area (Å²) in [6.07, 6.45) is 7.85. The van der Waals surface area contributed by atoms with Gasteiger partial charge in [-0.3, -0.25) is 4.90 Å². The van der Waals surface area contributed by atoms with E-state index in [4.69, 9.17) is 0 Å². The predicted molar refractivity (Wildman–Crippen MR) is 82.1 cm³/mol. The number of rotatable bonds is 5. The van der Waals surface area contributed by atoms with E-state index in [2.05, 4.69) is 47.9 Å². The van der Waals surface area contributed by atoms with Crippen molar-refractivity contribution in [2.24, 2.45) is 0 Å². The second-order valence-electron chi connectivity index (χ2n) is 5.39. The Kier molecular flexibility index (Phi) is 5.98. The summed E-state index contributed by atoms with van der Waals surface area (Å²) in [5.74, 6) is 6.87. The normalized spacial score (nSPS) is 16.9. The first kappa shape index (κ1) is 14.2. The molecule has 19 heavy (non-hydrogen) atoms. The summed E-state index contributed by atoms with van der Waals surface area (Å²) in [7, 11) is 0. The van der Waals surface area contributed by atoms with Crippen LogP contribution < -0.4 is 0 Å². The van der Waals surface area contributed by atoms with Crippen molar-refractivity contribution in [3.05, 3.63) is 35.9 Å². The topological polar surface area (TPSA) is 3.24 Å². The van der Waals surface area contributed by atoms with Gasteiger partial charge in [-0.05, 0) is 44.5 Å². The predicted octanol–water partition coefficient (Wildman–Crippen LogP) is 4.08. The Bertz CT molecular complexity index is 406. The molecule has 1 nitrogen and oxygen atoms in total. The molecule has 0 aromatic heterocycles. The standard InChI is InChI=1S/C18H25N/c1-2-3-5-12-18(19-15-8-9-16-19)14-13-17-10-6-4-7-11-17/h4,6-7,10-11,18H,2-3,5,8-9,12,15-16H2,1H3. The molecule has 0 bridgehead atoms. The Hall–Kier alpha value is -1.26. The van der Waals surface area contributed by atoms with E-state index < -0.39 is 0 Å². The van der Waals surface area contributed by atoms with Gasteiger partial charge in [0.05, 0.1) is 6.04 Å². The van der Waals surface area contributed by atoms with Crippen LogP contribution in [0.15, 0.2) is 30.3 Å².